The van der Waals surface area contributed by atoms with Crippen molar-refractivity contribution in [1.29, 1.82) is 0 Å². The predicted molar refractivity (Wildman–Crippen MR) is 152 cm³/mol. The number of nitrogens with one attached hydrogen (secondary N) is 1. The van der Waals surface area contributed by atoms with Crippen LogP contribution in [-0.4, -0.2) is 50.3 Å². The highest BCUT2D eigenvalue weighted by Gasteiger charge is 2.36. The number of carbonyl (C=O) groups excluding carboxylic acids is 2. The third-order valence-electron chi connectivity index (χ3n) is 6.24. The standard InChI is InChI=1S/C29H31ClF3N3O4S/c1-20(2)34-28(38)21(3)35(17-16-22-10-6-4-7-11-22)27(37)19-36(41(39,40)24-12-8-5-9-13-24)23-14-15-26(30)25(18-23)29(31,32)33/h4-15,18,20-21H,16-17,19H2,1-3H3,(H,34,38)/t21-/m0/s1. The molecular formula is C29H31ClF3N3O4S. The molecule has 0 heterocycles. The minimum Gasteiger partial charge on any atom is -0.352 e. The minimum absolute atomic E-state index is 0.0587. The normalized spacial score (nSPS) is 12.6. The average Bonchev–Trinajstić information content (AvgIpc) is 2.92. The molecule has 0 fully saturated rings. The summed E-state index contributed by atoms with van der Waals surface area (Å²) in [7, 11) is -4.52. The van der Waals surface area contributed by atoms with Crippen LogP contribution < -0.4 is 9.62 Å². The topological polar surface area (TPSA) is 86.8 Å². The van der Waals surface area contributed by atoms with Crippen LogP contribution in [0.25, 0.3) is 0 Å². The quantitative estimate of drug-likeness (QED) is 0.309. The lowest BCUT2D eigenvalue weighted by atomic mass is 10.1. The van der Waals surface area contributed by atoms with Gasteiger partial charge in [0.05, 0.1) is 21.2 Å². The Morgan fingerprint density at radius 1 is 0.927 bits per heavy atom. The summed E-state index contributed by atoms with van der Waals surface area (Å²) in [6.07, 6.45) is -4.51. The Morgan fingerprint density at radius 2 is 1.51 bits per heavy atom. The molecule has 0 radical (unpaired) electrons. The number of sulfonamides is 1. The average molecular weight is 610 g/mol. The highest BCUT2D eigenvalue weighted by atomic mass is 35.5. The Balaban J connectivity index is 2.06. The molecule has 0 aliphatic rings. The van der Waals surface area contributed by atoms with Gasteiger partial charge in [0.25, 0.3) is 10.0 Å². The first-order valence-electron chi connectivity index (χ1n) is 12.8. The second kappa shape index (κ2) is 13.4. The number of rotatable bonds is 11. The molecule has 2 amide bonds. The summed E-state index contributed by atoms with van der Waals surface area (Å²) in [4.78, 5) is 27.7. The largest absolute Gasteiger partial charge is 0.417 e. The Kier molecular flexibility index (Phi) is 10.4. The van der Waals surface area contributed by atoms with Gasteiger partial charge in [-0.1, -0.05) is 60.1 Å². The number of benzene rings is 3. The van der Waals surface area contributed by atoms with Gasteiger partial charge < -0.3 is 10.2 Å². The van der Waals surface area contributed by atoms with Crippen molar-refractivity contribution in [2.45, 2.75) is 50.3 Å². The molecule has 0 spiro atoms. The number of hydrogen-bond acceptors (Lipinski definition) is 4. The van der Waals surface area contributed by atoms with Crippen LogP contribution >= 0.6 is 11.6 Å². The zero-order valence-electron chi connectivity index (χ0n) is 22.7. The van der Waals surface area contributed by atoms with E-state index < -0.39 is 56.9 Å². The van der Waals surface area contributed by atoms with Crippen molar-refractivity contribution >= 4 is 39.1 Å². The zero-order chi connectivity index (χ0) is 30.4. The summed E-state index contributed by atoms with van der Waals surface area (Å²) in [6.45, 7) is 4.23. The number of amides is 2. The first kappa shape index (κ1) is 32.0. The van der Waals surface area contributed by atoms with Crippen molar-refractivity contribution in [3.05, 3.63) is 95.0 Å². The summed E-state index contributed by atoms with van der Waals surface area (Å²) >= 11 is 5.78. The van der Waals surface area contributed by atoms with Crippen molar-refractivity contribution in [3.63, 3.8) is 0 Å². The monoisotopic (exact) mass is 609 g/mol. The maximum Gasteiger partial charge on any atom is 0.417 e. The second-order valence-corrected chi connectivity index (χ2v) is 11.9. The van der Waals surface area contributed by atoms with Gasteiger partial charge in [0, 0.05) is 12.6 Å². The van der Waals surface area contributed by atoms with E-state index in [9.17, 15) is 31.2 Å². The van der Waals surface area contributed by atoms with E-state index in [4.69, 9.17) is 11.6 Å². The number of hydrogen-bond donors (Lipinski definition) is 1. The molecule has 3 aromatic carbocycles. The third kappa shape index (κ3) is 8.23. The van der Waals surface area contributed by atoms with Crippen LogP contribution in [0.15, 0.2) is 83.8 Å². The first-order chi connectivity index (χ1) is 19.2. The molecular weight excluding hydrogens is 579 g/mol. The van der Waals surface area contributed by atoms with Gasteiger partial charge >= 0.3 is 6.18 Å². The predicted octanol–water partition coefficient (Wildman–Crippen LogP) is 5.54. The third-order valence-corrected chi connectivity index (χ3v) is 8.35. The fourth-order valence-electron chi connectivity index (χ4n) is 4.11. The maximum absolute atomic E-state index is 13.8. The molecule has 0 bridgehead atoms. The highest BCUT2D eigenvalue weighted by Crippen LogP contribution is 2.38. The molecule has 220 valence electrons. The number of nitrogens with zero attached hydrogens (tertiary/aromatic N) is 2. The van der Waals surface area contributed by atoms with Crippen molar-refractivity contribution in [2.75, 3.05) is 17.4 Å². The first-order valence-corrected chi connectivity index (χ1v) is 14.6. The van der Waals surface area contributed by atoms with Gasteiger partial charge in [-0.2, -0.15) is 13.2 Å². The van der Waals surface area contributed by atoms with E-state index in [0.29, 0.717) is 16.8 Å². The molecule has 0 aliphatic heterocycles. The fourth-order valence-corrected chi connectivity index (χ4v) is 5.76. The van der Waals surface area contributed by atoms with E-state index in [0.717, 1.165) is 17.7 Å². The van der Waals surface area contributed by atoms with Crippen LogP contribution in [-0.2, 0) is 32.2 Å². The lowest BCUT2D eigenvalue weighted by Crippen LogP contribution is -2.53. The molecule has 12 heteroatoms. The molecule has 0 unspecified atom stereocenters. The van der Waals surface area contributed by atoms with Gasteiger partial charge in [0.2, 0.25) is 11.8 Å². The summed E-state index contributed by atoms with van der Waals surface area (Å²) in [5, 5.41) is 2.13. The molecule has 3 aromatic rings. The van der Waals surface area contributed by atoms with Gasteiger partial charge in [0.15, 0.2) is 0 Å². The zero-order valence-corrected chi connectivity index (χ0v) is 24.3. The number of alkyl halides is 3. The van der Waals surface area contributed by atoms with Crippen LogP contribution in [0.4, 0.5) is 18.9 Å². The highest BCUT2D eigenvalue weighted by molar-refractivity contribution is 7.92. The van der Waals surface area contributed by atoms with Gasteiger partial charge in [0.1, 0.15) is 12.6 Å². The van der Waals surface area contributed by atoms with E-state index in [-0.39, 0.29) is 17.5 Å². The molecule has 1 N–H and O–H groups in total. The number of carbonyl (C=O) groups is 2. The van der Waals surface area contributed by atoms with Crippen LogP contribution in [0, 0.1) is 0 Å². The van der Waals surface area contributed by atoms with Crippen molar-refractivity contribution in [3.8, 4) is 0 Å². The Labute approximate surface area is 243 Å². The van der Waals surface area contributed by atoms with E-state index in [1.807, 2.05) is 30.3 Å². The second-order valence-electron chi connectivity index (χ2n) is 9.65. The molecule has 0 aromatic heterocycles. The Bertz CT molecular complexity index is 1450. The van der Waals surface area contributed by atoms with Crippen LogP contribution in [0.5, 0.6) is 0 Å². The Morgan fingerprint density at radius 3 is 2.07 bits per heavy atom. The number of halogens is 4. The molecule has 1 atom stereocenters. The summed E-state index contributed by atoms with van der Waals surface area (Å²) < 4.78 is 69.1. The van der Waals surface area contributed by atoms with Crippen LogP contribution in [0.1, 0.15) is 31.9 Å². The summed E-state index contributed by atoms with van der Waals surface area (Å²) in [5.41, 5.74) is -0.771. The van der Waals surface area contributed by atoms with Gasteiger partial charge in [-0.15, -0.1) is 0 Å². The molecule has 0 saturated carbocycles. The molecule has 41 heavy (non-hydrogen) atoms. The van der Waals surface area contributed by atoms with Gasteiger partial charge in [-0.3, -0.25) is 13.9 Å². The lowest BCUT2D eigenvalue weighted by Gasteiger charge is -2.32. The van der Waals surface area contributed by atoms with Crippen molar-refractivity contribution in [2.24, 2.45) is 0 Å². The lowest BCUT2D eigenvalue weighted by molar-refractivity contribution is -0.139. The van der Waals surface area contributed by atoms with E-state index in [2.05, 4.69) is 5.32 Å². The van der Waals surface area contributed by atoms with E-state index >= 15 is 0 Å². The molecule has 3 rings (SSSR count). The van der Waals surface area contributed by atoms with Gasteiger partial charge in [-0.05, 0) is 63.1 Å². The SMILES string of the molecule is CC(C)NC(=O)[C@H](C)N(CCc1ccccc1)C(=O)CN(c1ccc(Cl)c(C(F)(F)F)c1)S(=O)(=O)c1ccccc1. The fraction of sp³-hybridized carbons (Fsp3) is 0.310. The molecule has 0 aliphatic carbocycles. The van der Waals surface area contributed by atoms with Crippen molar-refractivity contribution < 1.29 is 31.2 Å². The number of anilines is 1. The van der Waals surface area contributed by atoms with E-state index in [1.54, 1.807) is 19.9 Å². The minimum atomic E-state index is -4.87. The summed E-state index contributed by atoms with van der Waals surface area (Å²) in [5.74, 6) is -1.22. The summed E-state index contributed by atoms with van der Waals surface area (Å²) in [6, 6.07) is 17.6. The van der Waals surface area contributed by atoms with E-state index in [1.165, 1.54) is 36.1 Å². The Hall–Kier alpha value is -3.57. The van der Waals surface area contributed by atoms with Crippen molar-refractivity contribution in [1.82, 2.24) is 10.2 Å². The molecule has 0 saturated heterocycles. The maximum atomic E-state index is 13.8. The van der Waals surface area contributed by atoms with Gasteiger partial charge in [-0.25, -0.2) is 8.42 Å². The van der Waals surface area contributed by atoms with Crippen LogP contribution in [0.2, 0.25) is 5.02 Å². The van der Waals surface area contributed by atoms with Crippen LogP contribution in [0.3, 0.4) is 0 Å². The molecule has 7 nitrogen and oxygen atoms in total. The smallest absolute Gasteiger partial charge is 0.352 e.